The first kappa shape index (κ1) is 18.9. The molecule has 7 heteroatoms. The van der Waals surface area contributed by atoms with Gasteiger partial charge in [0, 0.05) is 36.5 Å². The fourth-order valence-corrected chi connectivity index (χ4v) is 3.27. The van der Waals surface area contributed by atoms with Crippen LogP contribution in [0.1, 0.15) is 24.3 Å². The van der Waals surface area contributed by atoms with Gasteiger partial charge >= 0.3 is 0 Å². The molecule has 1 unspecified atom stereocenters. The van der Waals surface area contributed by atoms with Gasteiger partial charge in [-0.25, -0.2) is 4.39 Å². The maximum absolute atomic E-state index is 13.7. The van der Waals surface area contributed by atoms with Crippen LogP contribution < -0.4 is 0 Å². The molecular weight excluding hydrogens is 354 g/mol. The quantitative estimate of drug-likeness (QED) is 0.627. The molecule has 0 aromatic heterocycles. The van der Waals surface area contributed by atoms with Crippen LogP contribution in [0.3, 0.4) is 0 Å². The van der Waals surface area contributed by atoms with Crippen LogP contribution in [0.15, 0.2) is 28.5 Å². The Morgan fingerprint density at radius 1 is 1.38 bits per heavy atom. The number of benzene rings is 1. The molecule has 1 N–H and O–H groups in total. The van der Waals surface area contributed by atoms with E-state index < -0.39 is 11.7 Å². The largest absolute Gasteiger partial charge is 0.511 e. The Kier molecular flexibility index (Phi) is 6.38. The molecule has 0 heterocycles. The number of nitrogens with zero attached hydrogens (tertiary/aromatic N) is 2. The van der Waals surface area contributed by atoms with Crippen molar-refractivity contribution in [1.82, 2.24) is 4.90 Å². The Morgan fingerprint density at radius 3 is 2.71 bits per heavy atom. The van der Waals surface area contributed by atoms with E-state index >= 15 is 0 Å². The number of carbonyl (C=O) groups excluding carboxylic acids is 1. The summed E-state index contributed by atoms with van der Waals surface area (Å²) >= 11 is 12.1. The molecule has 1 aliphatic carbocycles. The van der Waals surface area contributed by atoms with Crippen molar-refractivity contribution < 1.29 is 14.3 Å². The van der Waals surface area contributed by atoms with E-state index in [0.717, 1.165) is 6.54 Å². The summed E-state index contributed by atoms with van der Waals surface area (Å²) in [5.74, 6) is -1.37. The number of Topliss-reactive ketones (excluding diaryl/α,β-unsaturated/α-hetero) is 1. The summed E-state index contributed by atoms with van der Waals surface area (Å²) in [6.07, 6.45) is 1.68. The third-order valence-electron chi connectivity index (χ3n) is 3.87. The van der Waals surface area contributed by atoms with Crippen LogP contribution in [-0.4, -0.2) is 49.2 Å². The van der Waals surface area contributed by atoms with Crippen molar-refractivity contribution >= 4 is 35.2 Å². The topological polar surface area (TPSA) is 52.9 Å². The molecule has 0 aliphatic heterocycles. The second kappa shape index (κ2) is 8.10. The molecule has 1 aromatic carbocycles. The first-order valence-corrected chi connectivity index (χ1v) is 8.30. The monoisotopic (exact) mass is 372 g/mol. The van der Waals surface area contributed by atoms with Crippen molar-refractivity contribution in [3.05, 3.63) is 44.9 Å². The summed E-state index contributed by atoms with van der Waals surface area (Å²) in [5, 5.41) is 10.4. The van der Waals surface area contributed by atoms with E-state index in [9.17, 15) is 14.3 Å². The Labute approximate surface area is 150 Å². The fourth-order valence-electron chi connectivity index (χ4n) is 2.59. The van der Waals surface area contributed by atoms with Gasteiger partial charge in [0.25, 0.3) is 0 Å². The second-order valence-electron chi connectivity index (χ2n) is 5.98. The van der Waals surface area contributed by atoms with Crippen LogP contribution in [0.25, 0.3) is 0 Å². The van der Waals surface area contributed by atoms with Gasteiger partial charge in [0.2, 0.25) is 0 Å². The van der Waals surface area contributed by atoms with Crippen molar-refractivity contribution in [2.75, 3.05) is 27.2 Å². The molecule has 0 fully saturated rings. The van der Waals surface area contributed by atoms with Gasteiger partial charge in [-0.15, -0.1) is 0 Å². The number of carbonyl (C=O) groups is 1. The molecule has 0 saturated heterocycles. The second-order valence-corrected chi connectivity index (χ2v) is 6.77. The number of hydrogen-bond donors (Lipinski definition) is 1. The highest BCUT2D eigenvalue weighted by molar-refractivity contribution is 6.36. The molecule has 24 heavy (non-hydrogen) atoms. The molecule has 0 radical (unpaired) electrons. The highest BCUT2D eigenvalue weighted by atomic mass is 35.5. The molecule has 1 aromatic rings. The van der Waals surface area contributed by atoms with Gasteiger partial charge < -0.3 is 10.0 Å². The summed E-state index contributed by atoms with van der Waals surface area (Å²) in [7, 11) is 3.85. The molecule has 2 rings (SSSR count). The molecule has 0 amide bonds. The van der Waals surface area contributed by atoms with Crippen LogP contribution >= 0.6 is 23.2 Å². The molecule has 130 valence electrons. The lowest BCUT2D eigenvalue weighted by molar-refractivity contribution is -0.116. The van der Waals surface area contributed by atoms with E-state index in [2.05, 4.69) is 4.99 Å². The number of aliphatic hydroxyl groups is 1. The maximum Gasteiger partial charge on any atom is 0.168 e. The minimum atomic E-state index is -0.594. The Hall–Kier alpha value is -1.43. The lowest BCUT2D eigenvalue weighted by Crippen LogP contribution is -2.20. The number of aliphatic imine (C=N–C) groups is 1. The summed E-state index contributed by atoms with van der Waals surface area (Å²) < 4.78 is 13.7. The fraction of sp³-hybridized carbons (Fsp3) is 0.412. The highest BCUT2D eigenvalue weighted by Gasteiger charge is 2.31. The van der Waals surface area contributed by atoms with Crippen molar-refractivity contribution in [2.24, 2.45) is 4.99 Å². The third-order valence-corrected chi connectivity index (χ3v) is 4.58. The summed E-state index contributed by atoms with van der Waals surface area (Å²) in [6, 6.07) is 2.58. The number of aliphatic hydroxyl groups excluding tert-OH is 1. The smallest absolute Gasteiger partial charge is 0.168 e. The first-order valence-electron chi connectivity index (χ1n) is 7.54. The van der Waals surface area contributed by atoms with E-state index in [1.165, 1.54) is 18.3 Å². The van der Waals surface area contributed by atoms with Crippen LogP contribution in [0.5, 0.6) is 0 Å². The molecule has 4 nitrogen and oxygen atoms in total. The van der Waals surface area contributed by atoms with Crippen LogP contribution in [0.2, 0.25) is 10.0 Å². The first-order chi connectivity index (χ1) is 11.3. The zero-order chi connectivity index (χ0) is 17.9. The number of ketones is 1. The molecule has 0 bridgehead atoms. The van der Waals surface area contributed by atoms with Gasteiger partial charge in [0.15, 0.2) is 5.78 Å². The van der Waals surface area contributed by atoms with Crippen LogP contribution in [0, 0.1) is 5.82 Å². The normalized spacial score (nSPS) is 18.9. The third kappa shape index (κ3) is 4.35. The SMILES string of the molecule is CN(C)CCN=CC1=C(O)CC(c2c(Cl)ccc(F)c2Cl)CC1=O. The number of halogens is 3. The number of rotatable bonds is 5. The minimum absolute atomic E-state index is 0.0683. The van der Waals surface area contributed by atoms with E-state index in [0.29, 0.717) is 12.1 Å². The summed E-state index contributed by atoms with van der Waals surface area (Å²) in [5.41, 5.74) is 0.565. The van der Waals surface area contributed by atoms with Gasteiger partial charge in [-0.05, 0) is 31.8 Å². The van der Waals surface area contributed by atoms with Crippen LogP contribution in [-0.2, 0) is 4.79 Å². The van der Waals surface area contributed by atoms with Gasteiger partial charge in [0.05, 0.1) is 17.1 Å². The van der Waals surface area contributed by atoms with Gasteiger partial charge in [-0.3, -0.25) is 9.79 Å². The molecule has 0 spiro atoms. The summed E-state index contributed by atoms with van der Waals surface area (Å²) in [4.78, 5) is 18.5. The Bertz CT molecular complexity index is 702. The lowest BCUT2D eigenvalue weighted by atomic mass is 9.83. The Balaban J connectivity index is 2.21. The van der Waals surface area contributed by atoms with Crippen molar-refractivity contribution in [3.8, 4) is 0 Å². The van der Waals surface area contributed by atoms with E-state index in [-0.39, 0.29) is 40.0 Å². The van der Waals surface area contributed by atoms with Crippen molar-refractivity contribution in [3.63, 3.8) is 0 Å². The van der Waals surface area contributed by atoms with Gasteiger partial charge in [0.1, 0.15) is 11.6 Å². The van der Waals surface area contributed by atoms with Crippen LogP contribution in [0.4, 0.5) is 4.39 Å². The standard InChI is InChI=1S/C17H19Cl2FN2O2/c1-22(2)6-5-21-9-11-14(23)7-10(8-15(11)24)16-12(18)3-4-13(20)17(16)19/h3-4,9-10,23H,5-8H2,1-2H3. The van der Waals surface area contributed by atoms with Crippen molar-refractivity contribution in [2.45, 2.75) is 18.8 Å². The zero-order valence-corrected chi connectivity index (χ0v) is 15.0. The average Bonchev–Trinajstić information content (AvgIpc) is 2.49. The van der Waals surface area contributed by atoms with Crippen molar-refractivity contribution in [1.29, 1.82) is 0 Å². The van der Waals surface area contributed by atoms with E-state index in [1.807, 2.05) is 19.0 Å². The number of allylic oxidation sites excluding steroid dienone is 2. The Morgan fingerprint density at radius 2 is 2.08 bits per heavy atom. The lowest BCUT2D eigenvalue weighted by Gasteiger charge is -2.24. The van der Waals surface area contributed by atoms with Gasteiger partial charge in [-0.1, -0.05) is 23.2 Å². The molecule has 1 atom stereocenters. The number of hydrogen-bond acceptors (Lipinski definition) is 4. The minimum Gasteiger partial charge on any atom is -0.511 e. The zero-order valence-electron chi connectivity index (χ0n) is 13.5. The number of likely N-dealkylation sites (N-methyl/N-ethyl adjacent to an activating group) is 1. The molecule has 0 saturated carbocycles. The maximum atomic E-state index is 13.7. The molecule has 1 aliphatic rings. The predicted octanol–water partition coefficient (Wildman–Crippen LogP) is 4.02. The van der Waals surface area contributed by atoms with E-state index in [4.69, 9.17) is 23.2 Å². The van der Waals surface area contributed by atoms with Gasteiger partial charge in [-0.2, -0.15) is 0 Å². The average molecular weight is 373 g/mol. The highest BCUT2D eigenvalue weighted by Crippen LogP contribution is 2.41. The summed E-state index contributed by atoms with van der Waals surface area (Å²) in [6.45, 7) is 1.28. The van der Waals surface area contributed by atoms with E-state index in [1.54, 1.807) is 0 Å². The predicted molar refractivity (Wildman–Crippen MR) is 95.0 cm³/mol. The molecular formula is C17H19Cl2FN2O2.